The molecule has 1 aromatic heterocycles. The third kappa shape index (κ3) is 2.76. The molecule has 10 nitrogen and oxygen atoms in total. The van der Waals surface area contributed by atoms with Gasteiger partial charge in [-0.15, -0.1) is 0 Å². The largest absolute Gasteiger partial charge is 0.504 e. The summed E-state index contributed by atoms with van der Waals surface area (Å²) in [6, 6.07) is 3.64. The van der Waals surface area contributed by atoms with Crippen LogP contribution in [0.5, 0.6) is 40.2 Å². The highest BCUT2D eigenvalue weighted by molar-refractivity contribution is 5.96. The summed E-state index contributed by atoms with van der Waals surface area (Å²) in [5.74, 6) is -3.47. The first kappa shape index (κ1) is 19.0. The molecule has 0 aliphatic heterocycles. The first-order valence-corrected chi connectivity index (χ1v) is 7.75. The van der Waals surface area contributed by atoms with E-state index in [2.05, 4.69) is 4.89 Å². The zero-order valence-corrected chi connectivity index (χ0v) is 15.0. The number of hydrogen-bond acceptors (Lipinski definition) is 10. The van der Waals surface area contributed by atoms with Crippen molar-refractivity contribution in [2.45, 2.75) is 0 Å². The lowest BCUT2D eigenvalue weighted by atomic mass is 10.1. The molecule has 0 fully saturated rings. The fraction of sp³-hybridized carbons (Fsp3) is 0.167. The van der Waals surface area contributed by atoms with Crippen molar-refractivity contribution in [3.05, 3.63) is 28.4 Å². The average Bonchev–Trinajstić information content (AvgIpc) is 2.66. The van der Waals surface area contributed by atoms with Crippen molar-refractivity contribution in [2.24, 2.45) is 0 Å². The molecule has 10 heteroatoms. The molecule has 0 amide bonds. The highest BCUT2D eigenvalue weighted by atomic mass is 17.2. The number of hydrogen-bond donors (Lipinski definition) is 4. The maximum absolute atomic E-state index is 13.0. The van der Waals surface area contributed by atoms with Crippen molar-refractivity contribution in [1.82, 2.24) is 0 Å². The third-order valence-corrected chi connectivity index (χ3v) is 3.97. The second kappa shape index (κ2) is 7.08. The Labute approximate surface area is 157 Å². The molecular formula is C18H16O10. The van der Waals surface area contributed by atoms with Crippen LogP contribution in [0.3, 0.4) is 0 Å². The summed E-state index contributed by atoms with van der Waals surface area (Å²) in [6.07, 6.45) is 0. The number of rotatable bonds is 5. The molecule has 0 aliphatic carbocycles. The molecule has 28 heavy (non-hydrogen) atoms. The Morgan fingerprint density at radius 2 is 1.54 bits per heavy atom. The SMILES string of the molecule is COOc1c(-c2ccc(O)c(O)c2)oc2c(OC)c(O)c(OC)c(O)c2c1=O. The third-order valence-electron chi connectivity index (χ3n) is 3.97. The maximum Gasteiger partial charge on any atom is 0.256 e. The molecule has 0 aliphatic rings. The fourth-order valence-electron chi connectivity index (χ4n) is 2.73. The summed E-state index contributed by atoms with van der Waals surface area (Å²) in [5, 5.41) is 39.5. The Hall–Kier alpha value is -3.79. The van der Waals surface area contributed by atoms with Gasteiger partial charge in [-0.2, -0.15) is 4.89 Å². The van der Waals surface area contributed by atoms with Crippen LogP contribution in [0, 0.1) is 0 Å². The number of methoxy groups -OCH3 is 2. The highest BCUT2D eigenvalue weighted by Crippen LogP contribution is 2.50. The first-order valence-electron chi connectivity index (χ1n) is 7.75. The van der Waals surface area contributed by atoms with Gasteiger partial charge in [0.05, 0.1) is 21.3 Å². The second-order valence-corrected chi connectivity index (χ2v) is 5.51. The molecule has 3 aromatic rings. The predicted molar refractivity (Wildman–Crippen MR) is 95.3 cm³/mol. The van der Waals surface area contributed by atoms with E-state index in [1.54, 1.807) is 0 Å². The zero-order valence-electron chi connectivity index (χ0n) is 15.0. The Morgan fingerprint density at radius 1 is 0.857 bits per heavy atom. The second-order valence-electron chi connectivity index (χ2n) is 5.51. The van der Waals surface area contributed by atoms with Gasteiger partial charge < -0.3 is 39.2 Å². The van der Waals surface area contributed by atoms with Crippen molar-refractivity contribution >= 4 is 11.0 Å². The standard InChI is InChI=1S/C18H16O10/c1-24-16-11(21)10-12(22)18(28-26-3)14(7-4-5-8(19)9(20)6-7)27-15(10)17(25-2)13(16)23/h4-6,19-21,23H,1-3H3. The first-order chi connectivity index (χ1) is 13.3. The van der Waals surface area contributed by atoms with Gasteiger partial charge in [-0.25, -0.2) is 0 Å². The van der Waals surface area contributed by atoms with Crippen LogP contribution in [0.15, 0.2) is 27.4 Å². The van der Waals surface area contributed by atoms with Crippen molar-refractivity contribution < 1.29 is 44.1 Å². The Kier molecular flexibility index (Phi) is 4.80. The van der Waals surface area contributed by atoms with Gasteiger partial charge in [-0.1, -0.05) is 0 Å². The molecule has 0 saturated carbocycles. The van der Waals surface area contributed by atoms with Crippen LogP contribution in [-0.4, -0.2) is 41.8 Å². The molecule has 1 heterocycles. The number of ether oxygens (including phenoxy) is 2. The monoisotopic (exact) mass is 392 g/mol. The number of benzene rings is 2. The van der Waals surface area contributed by atoms with Crippen LogP contribution in [-0.2, 0) is 4.89 Å². The van der Waals surface area contributed by atoms with E-state index in [0.29, 0.717) is 0 Å². The number of fused-ring (bicyclic) bond motifs is 1. The summed E-state index contributed by atoms with van der Waals surface area (Å²) in [6.45, 7) is 0. The van der Waals surface area contributed by atoms with E-state index >= 15 is 0 Å². The van der Waals surface area contributed by atoms with Gasteiger partial charge in [0.2, 0.25) is 22.7 Å². The van der Waals surface area contributed by atoms with Crippen LogP contribution >= 0.6 is 0 Å². The molecule has 0 radical (unpaired) electrons. The number of phenols is 4. The van der Waals surface area contributed by atoms with E-state index in [0.717, 1.165) is 13.2 Å². The minimum absolute atomic E-state index is 0.137. The van der Waals surface area contributed by atoms with Gasteiger partial charge in [-0.3, -0.25) is 4.79 Å². The van der Waals surface area contributed by atoms with Crippen LogP contribution in [0.4, 0.5) is 0 Å². The summed E-state index contributed by atoms with van der Waals surface area (Å²) in [5.41, 5.74) is -1.02. The molecule has 0 bridgehead atoms. The zero-order chi connectivity index (χ0) is 20.6. The Morgan fingerprint density at radius 3 is 2.11 bits per heavy atom. The van der Waals surface area contributed by atoms with Crippen molar-refractivity contribution in [2.75, 3.05) is 21.3 Å². The van der Waals surface area contributed by atoms with E-state index < -0.39 is 39.9 Å². The van der Waals surface area contributed by atoms with Gasteiger partial charge in [0.25, 0.3) is 5.75 Å². The quantitative estimate of drug-likeness (QED) is 0.289. The minimum atomic E-state index is -0.861. The molecule has 0 unspecified atom stereocenters. The predicted octanol–water partition coefficient (Wildman–Crippen LogP) is 2.24. The molecule has 3 rings (SSSR count). The molecule has 2 aromatic carbocycles. The van der Waals surface area contributed by atoms with Gasteiger partial charge >= 0.3 is 0 Å². The van der Waals surface area contributed by atoms with E-state index in [1.807, 2.05) is 0 Å². The topological polar surface area (TPSA) is 148 Å². The van der Waals surface area contributed by atoms with Gasteiger partial charge in [0.15, 0.2) is 28.6 Å². The molecule has 148 valence electrons. The summed E-state index contributed by atoms with van der Waals surface area (Å²) < 4.78 is 15.7. The number of aromatic hydroxyl groups is 4. The smallest absolute Gasteiger partial charge is 0.256 e. The van der Waals surface area contributed by atoms with E-state index in [1.165, 1.54) is 26.4 Å². The van der Waals surface area contributed by atoms with Crippen LogP contribution in [0.2, 0.25) is 0 Å². The van der Waals surface area contributed by atoms with Crippen molar-refractivity contribution in [3.63, 3.8) is 0 Å². The Balaban J connectivity index is 2.50. The molecule has 0 spiro atoms. The lowest BCUT2D eigenvalue weighted by Crippen LogP contribution is -2.10. The number of phenolic OH excluding ortho intramolecular Hbond substituents is 4. The van der Waals surface area contributed by atoms with Gasteiger partial charge in [0, 0.05) is 5.56 Å². The van der Waals surface area contributed by atoms with Crippen molar-refractivity contribution in [1.29, 1.82) is 0 Å². The summed E-state index contributed by atoms with van der Waals surface area (Å²) >= 11 is 0. The average molecular weight is 392 g/mol. The van der Waals surface area contributed by atoms with Crippen molar-refractivity contribution in [3.8, 4) is 51.6 Å². The minimum Gasteiger partial charge on any atom is -0.504 e. The highest BCUT2D eigenvalue weighted by Gasteiger charge is 2.29. The fourth-order valence-corrected chi connectivity index (χ4v) is 2.73. The molecular weight excluding hydrogens is 376 g/mol. The van der Waals surface area contributed by atoms with E-state index in [-0.39, 0.29) is 28.0 Å². The Bertz CT molecular complexity index is 1120. The summed E-state index contributed by atoms with van der Waals surface area (Å²) in [4.78, 5) is 22.5. The normalized spacial score (nSPS) is 10.8. The van der Waals surface area contributed by atoms with Crippen LogP contribution in [0.25, 0.3) is 22.3 Å². The lowest BCUT2D eigenvalue weighted by molar-refractivity contribution is -0.179. The summed E-state index contributed by atoms with van der Waals surface area (Å²) in [7, 11) is 3.55. The van der Waals surface area contributed by atoms with Gasteiger partial charge in [0.1, 0.15) is 5.39 Å². The lowest BCUT2D eigenvalue weighted by Gasteiger charge is -2.15. The molecule has 4 N–H and O–H groups in total. The van der Waals surface area contributed by atoms with E-state index in [4.69, 9.17) is 18.8 Å². The molecule has 0 saturated heterocycles. The van der Waals surface area contributed by atoms with Crippen LogP contribution in [0.1, 0.15) is 0 Å². The maximum atomic E-state index is 13.0. The van der Waals surface area contributed by atoms with Crippen LogP contribution < -0.4 is 19.8 Å². The van der Waals surface area contributed by atoms with Gasteiger partial charge in [-0.05, 0) is 18.2 Å². The van der Waals surface area contributed by atoms with E-state index in [9.17, 15) is 25.2 Å². The molecule has 0 atom stereocenters.